The molecule has 0 fully saturated rings. The number of thiol groups is 1. The lowest BCUT2D eigenvalue weighted by Gasteiger charge is -2.24. The van der Waals surface area contributed by atoms with Gasteiger partial charge in [0, 0.05) is 27.4 Å². The van der Waals surface area contributed by atoms with E-state index in [9.17, 15) is 0 Å². The minimum atomic E-state index is -2.32. The first kappa shape index (κ1) is 21.4. The van der Waals surface area contributed by atoms with Crippen LogP contribution in [0.2, 0.25) is 6.04 Å². The Labute approximate surface area is 138 Å². The number of rotatable bonds is 16. The molecule has 0 rings (SSSR count). The van der Waals surface area contributed by atoms with Crippen LogP contribution in [0, 0.1) is 0 Å². The van der Waals surface area contributed by atoms with E-state index in [0.717, 1.165) is 18.2 Å². The van der Waals surface area contributed by atoms with Crippen LogP contribution in [0.3, 0.4) is 0 Å². The zero-order valence-electron chi connectivity index (χ0n) is 14.4. The summed E-state index contributed by atoms with van der Waals surface area (Å²) in [6.45, 7) is 0. The van der Waals surface area contributed by atoms with Gasteiger partial charge in [-0.25, -0.2) is 0 Å². The molecule has 0 bridgehead atoms. The van der Waals surface area contributed by atoms with Gasteiger partial charge in [0.15, 0.2) is 0 Å². The Morgan fingerprint density at radius 1 is 0.571 bits per heavy atom. The van der Waals surface area contributed by atoms with Crippen molar-refractivity contribution < 1.29 is 13.3 Å². The van der Waals surface area contributed by atoms with E-state index < -0.39 is 8.80 Å². The van der Waals surface area contributed by atoms with E-state index in [-0.39, 0.29) is 0 Å². The quantitative estimate of drug-likeness (QED) is 0.242. The summed E-state index contributed by atoms with van der Waals surface area (Å²) in [6.07, 6.45) is 14.7. The first-order valence-electron chi connectivity index (χ1n) is 8.51. The van der Waals surface area contributed by atoms with Crippen molar-refractivity contribution in [3.63, 3.8) is 0 Å². The van der Waals surface area contributed by atoms with E-state index in [4.69, 9.17) is 13.3 Å². The second-order valence-electron chi connectivity index (χ2n) is 5.66. The minimum Gasteiger partial charge on any atom is -0.377 e. The molecule has 0 radical (unpaired) electrons. The van der Waals surface area contributed by atoms with Gasteiger partial charge < -0.3 is 13.3 Å². The molecule has 0 aromatic carbocycles. The van der Waals surface area contributed by atoms with Crippen molar-refractivity contribution in [2.45, 2.75) is 76.7 Å². The SMILES string of the molecule is CO[Si](CCCCCCCCCCCCCS)(OC)OC. The van der Waals surface area contributed by atoms with Crippen LogP contribution in [-0.2, 0) is 13.3 Å². The molecule has 0 spiro atoms. The van der Waals surface area contributed by atoms with Crippen LogP contribution in [0.4, 0.5) is 0 Å². The Balaban J connectivity index is 3.29. The van der Waals surface area contributed by atoms with Gasteiger partial charge in [0.2, 0.25) is 0 Å². The molecule has 0 unspecified atom stereocenters. The smallest absolute Gasteiger partial charge is 0.377 e. The second kappa shape index (κ2) is 15.3. The molecule has 0 amide bonds. The van der Waals surface area contributed by atoms with Crippen LogP contribution >= 0.6 is 12.6 Å². The monoisotopic (exact) mass is 336 g/mol. The van der Waals surface area contributed by atoms with Crippen molar-refractivity contribution in [1.82, 2.24) is 0 Å². The molecule has 0 aromatic rings. The fourth-order valence-corrected chi connectivity index (χ4v) is 4.62. The lowest BCUT2D eigenvalue weighted by Crippen LogP contribution is -2.42. The Morgan fingerprint density at radius 2 is 0.905 bits per heavy atom. The fourth-order valence-electron chi connectivity index (χ4n) is 2.60. The molecule has 0 aromatic heterocycles. The van der Waals surface area contributed by atoms with Crippen LogP contribution in [0.1, 0.15) is 70.6 Å². The van der Waals surface area contributed by atoms with Gasteiger partial charge in [0.1, 0.15) is 0 Å². The van der Waals surface area contributed by atoms with E-state index in [2.05, 4.69) is 12.6 Å². The zero-order valence-corrected chi connectivity index (χ0v) is 16.3. The summed E-state index contributed by atoms with van der Waals surface area (Å²) in [7, 11) is 2.75. The van der Waals surface area contributed by atoms with E-state index in [1.54, 1.807) is 21.3 Å². The Bertz CT molecular complexity index is 205. The molecule has 0 atom stereocenters. The maximum Gasteiger partial charge on any atom is 0.500 e. The van der Waals surface area contributed by atoms with E-state index in [1.165, 1.54) is 64.2 Å². The highest BCUT2D eigenvalue weighted by Gasteiger charge is 2.36. The number of unbranched alkanes of at least 4 members (excludes halogenated alkanes) is 10. The normalized spacial score (nSPS) is 12.0. The summed E-state index contributed by atoms with van der Waals surface area (Å²) in [5, 5.41) is 0. The number of hydrogen-bond donors (Lipinski definition) is 1. The topological polar surface area (TPSA) is 27.7 Å². The molecule has 5 heteroatoms. The standard InChI is InChI=1S/C16H36O3SSi/c1-17-21(18-2,19-3)16-14-12-10-8-6-4-5-7-9-11-13-15-20/h20H,4-16H2,1-3H3. The molecular weight excluding hydrogens is 300 g/mol. The van der Waals surface area contributed by atoms with Crippen molar-refractivity contribution in [3.05, 3.63) is 0 Å². The summed E-state index contributed by atoms with van der Waals surface area (Å²) in [5.41, 5.74) is 0. The largest absolute Gasteiger partial charge is 0.500 e. The summed E-state index contributed by atoms with van der Waals surface area (Å²) in [4.78, 5) is 0. The van der Waals surface area contributed by atoms with Crippen LogP contribution in [0.25, 0.3) is 0 Å². The first-order chi connectivity index (χ1) is 10.2. The average Bonchev–Trinajstić information content (AvgIpc) is 2.53. The maximum absolute atomic E-state index is 5.43. The van der Waals surface area contributed by atoms with Crippen LogP contribution in [0.5, 0.6) is 0 Å². The molecule has 0 aliphatic rings. The van der Waals surface area contributed by atoms with Gasteiger partial charge >= 0.3 is 8.80 Å². The van der Waals surface area contributed by atoms with Gasteiger partial charge in [-0.15, -0.1) is 0 Å². The molecule has 0 saturated heterocycles. The minimum absolute atomic E-state index is 0.932. The molecule has 128 valence electrons. The van der Waals surface area contributed by atoms with E-state index in [1.807, 2.05) is 0 Å². The highest BCUT2D eigenvalue weighted by molar-refractivity contribution is 7.80. The Hall–Kier alpha value is 0.447. The zero-order chi connectivity index (χ0) is 15.8. The second-order valence-corrected chi connectivity index (χ2v) is 9.20. The molecule has 0 heterocycles. The first-order valence-corrected chi connectivity index (χ1v) is 11.1. The highest BCUT2D eigenvalue weighted by atomic mass is 32.1. The fraction of sp³-hybridized carbons (Fsp3) is 1.00. The molecule has 0 saturated carbocycles. The predicted octanol–water partition coefficient (Wildman–Crippen LogP) is 5.09. The van der Waals surface area contributed by atoms with Crippen LogP contribution < -0.4 is 0 Å². The van der Waals surface area contributed by atoms with Gasteiger partial charge in [-0.05, 0) is 18.6 Å². The van der Waals surface area contributed by atoms with Crippen LogP contribution in [-0.4, -0.2) is 35.9 Å². The number of hydrogen-bond acceptors (Lipinski definition) is 4. The van der Waals surface area contributed by atoms with Crippen molar-refractivity contribution in [1.29, 1.82) is 0 Å². The van der Waals surface area contributed by atoms with Crippen molar-refractivity contribution in [2.24, 2.45) is 0 Å². The van der Waals surface area contributed by atoms with Crippen molar-refractivity contribution in [3.8, 4) is 0 Å². The summed E-state index contributed by atoms with van der Waals surface area (Å²) in [5.74, 6) is 1.04. The van der Waals surface area contributed by atoms with E-state index in [0.29, 0.717) is 0 Å². The molecule has 3 nitrogen and oxygen atoms in total. The lowest BCUT2D eigenvalue weighted by molar-refractivity contribution is 0.122. The molecule has 0 aliphatic carbocycles. The highest BCUT2D eigenvalue weighted by Crippen LogP contribution is 2.18. The predicted molar refractivity (Wildman–Crippen MR) is 96.2 cm³/mol. The van der Waals surface area contributed by atoms with Gasteiger partial charge in [-0.2, -0.15) is 12.6 Å². The third-order valence-electron chi connectivity index (χ3n) is 4.07. The maximum atomic E-state index is 5.43. The molecule has 0 N–H and O–H groups in total. The van der Waals surface area contributed by atoms with Gasteiger partial charge in [-0.1, -0.05) is 57.8 Å². The van der Waals surface area contributed by atoms with Gasteiger partial charge in [0.05, 0.1) is 0 Å². The third kappa shape index (κ3) is 11.6. The summed E-state index contributed by atoms with van der Waals surface area (Å²) < 4.78 is 16.3. The lowest BCUT2D eigenvalue weighted by atomic mass is 10.1. The van der Waals surface area contributed by atoms with Crippen molar-refractivity contribution >= 4 is 21.4 Å². The molecule has 0 aliphatic heterocycles. The average molecular weight is 337 g/mol. The molecular formula is C16H36O3SSi. The van der Waals surface area contributed by atoms with Crippen molar-refractivity contribution in [2.75, 3.05) is 27.1 Å². The molecule has 21 heavy (non-hydrogen) atoms. The Morgan fingerprint density at radius 3 is 1.24 bits per heavy atom. The third-order valence-corrected chi connectivity index (χ3v) is 7.22. The van der Waals surface area contributed by atoms with Crippen LogP contribution in [0.15, 0.2) is 0 Å². The van der Waals surface area contributed by atoms with Gasteiger partial charge in [-0.3, -0.25) is 0 Å². The summed E-state index contributed by atoms with van der Waals surface area (Å²) >= 11 is 4.23. The van der Waals surface area contributed by atoms with Gasteiger partial charge in [0.25, 0.3) is 0 Å². The Kier molecular flexibility index (Phi) is 15.7. The summed E-state index contributed by atoms with van der Waals surface area (Å²) in [6, 6.07) is 0.932. The van der Waals surface area contributed by atoms with E-state index >= 15 is 0 Å².